The average molecular weight is 306 g/mol. The summed E-state index contributed by atoms with van der Waals surface area (Å²) in [6.45, 7) is 4.67. The first kappa shape index (κ1) is 18.6. The second kappa shape index (κ2) is 8.68. The van der Waals surface area contributed by atoms with E-state index < -0.39 is 36.2 Å². The van der Waals surface area contributed by atoms with E-state index in [1.807, 2.05) is 6.26 Å². The van der Waals surface area contributed by atoms with Gasteiger partial charge in [0, 0.05) is 0 Å². The van der Waals surface area contributed by atoms with Crippen LogP contribution in [0, 0.1) is 0 Å². The van der Waals surface area contributed by atoms with E-state index in [1.165, 1.54) is 11.8 Å². The molecule has 0 aromatic carbocycles. The summed E-state index contributed by atoms with van der Waals surface area (Å²) in [5.41, 5.74) is -0.661. The molecule has 0 aliphatic heterocycles. The largest absolute Gasteiger partial charge is 0.480 e. The van der Waals surface area contributed by atoms with Crippen LogP contribution in [0.25, 0.3) is 0 Å². The molecule has 0 aromatic rings. The Kier molecular flexibility index (Phi) is 8.05. The standard InChI is InChI=1S/C12H22N2O5S/c1-12(2,3)19-11(18)14-8(5-6-20-4)10(17)13-7-9(15)16/h8H,5-7H2,1-4H3,(H,13,17)(H,14,18)(H,15,16)/t8-/m0/s1. The van der Waals surface area contributed by atoms with Crippen molar-refractivity contribution < 1.29 is 24.2 Å². The van der Waals surface area contributed by atoms with Gasteiger partial charge in [-0.25, -0.2) is 4.79 Å². The highest BCUT2D eigenvalue weighted by Gasteiger charge is 2.24. The van der Waals surface area contributed by atoms with E-state index >= 15 is 0 Å². The first-order chi connectivity index (χ1) is 9.15. The number of rotatable bonds is 7. The molecule has 0 aliphatic carbocycles. The fraction of sp³-hybridized carbons (Fsp3) is 0.750. The summed E-state index contributed by atoms with van der Waals surface area (Å²) in [6.07, 6.45) is 1.57. The lowest BCUT2D eigenvalue weighted by atomic mass is 10.2. The van der Waals surface area contributed by atoms with Crippen LogP contribution < -0.4 is 10.6 Å². The lowest BCUT2D eigenvalue weighted by Crippen LogP contribution is -2.49. The molecule has 0 saturated carbocycles. The Bertz CT molecular complexity index is 354. The van der Waals surface area contributed by atoms with Crippen molar-refractivity contribution in [1.29, 1.82) is 0 Å². The molecule has 0 aliphatic rings. The van der Waals surface area contributed by atoms with Gasteiger partial charge in [0.05, 0.1) is 0 Å². The van der Waals surface area contributed by atoms with Crippen LogP contribution in [0.2, 0.25) is 0 Å². The zero-order valence-electron chi connectivity index (χ0n) is 12.2. The predicted molar refractivity (Wildman–Crippen MR) is 76.8 cm³/mol. The van der Waals surface area contributed by atoms with Crippen molar-refractivity contribution in [2.45, 2.75) is 38.8 Å². The van der Waals surface area contributed by atoms with Gasteiger partial charge in [0.1, 0.15) is 18.2 Å². The molecule has 8 heteroatoms. The van der Waals surface area contributed by atoms with Gasteiger partial charge in [0.2, 0.25) is 5.91 Å². The average Bonchev–Trinajstić information content (AvgIpc) is 2.28. The van der Waals surface area contributed by atoms with E-state index in [-0.39, 0.29) is 0 Å². The minimum atomic E-state index is -1.14. The molecular formula is C12H22N2O5S. The molecule has 2 amide bonds. The maximum atomic E-state index is 11.8. The third-order valence-corrected chi connectivity index (χ3v) is 2.68. The fourth-order valence-electron chi connectivity index (χ4n) is 1.24. The molecule has 0 aromatic heterocycles. The van der Waals surface area contributed by atoms with Gasteiger partial charge in [0.15, 0.2) is 0 Å². The minimum Gasteiger partial charge on any atom is -0.480 e. The van der Waals surface area contributed by atoms with Crippen LogP contribution in [0.1, 0.15) is 27.2 Å². The second-order valence-electron chi connectivity index (χ2n) is 5.09. The number of alkyl carbamates (subject to hydrolysis) is 1. The summed E-state index contributed by atoms with van der Waals surface area (Å²) in [4.78, 5) is 33.9. The molecule has 0 radical (unpaired) electrons. The van der Waals surface area contributed by atoms with E-state index in [9.17, 15) is 14.4 Å². The molecule has 0 bridgehead atoms. The van der Waals surface area contributed by atoms with Gasteiger partial charge in [-0.2, -0.15) is 11.8 Å². The number of carbonyl (C=O) groups excluding carboxylic acids is 2. The van der Waals surface area contributed by atoms with E-state index in [2.05, 4.69) is 10.6 Å². The molecule has 7 nitrogen and oxygen atoms in total. The van der Waals surface area contributed by atoms with E-state index in [4.69, 9.17) is 9.84 Å². The number of carboxylic acid groups (broad SMARTS) is 1. The number of thioether (sulfide) groups is 1. The number of amides is 2. The van der Waals surface area contributed by atoms with Crippen molar-refractivity contribution in [2.75, 3.05) is 18.6 Å². The number of ether oxygens (including phenoxy) is 1. The molecule has 0 unspecified atom stereocenters. The van der Waals surface area contributed by atoms with Crippen molar-refractivity contribution in [2.24, 2.45) is 0 Å². The van der Waals surface area contributed by atoms with Crippen molar-refractivity contribution >= 4 is 29.7 Å². The van der Waals surface area contributed by atoms with Gasteiger partial charge in [-0.15, -0.1) is 0 Å². The Labute approximate surface area is 122 Å². The lowest BCUT2D eigenvalue weighted by Gasteiger charge is -2.23. The normalized spacial score (nSPS) is 12.4. The van der Waals surface area contributed by atoms with Crippen LogP contribution in [-0.4, -0.2) is 53.3 Å². The third kappa shape index (κ3) is 9.48. The molecule has 1 atom stereocenters. The Morgan fingerprint density at radius 1 is 1.30 bits per heavy atom. The number of aliphatic carboxylic acids is 1. The van der Waals surface area contributed by atoms with E-state index in [0.717, 1.165) is 0 Å². The van der Waals surface area contributed by atoms with Gasteiger partial charge >= 0.3 is 12.1 Å². The van der Waals surface area contributed by atoms with Crippen molar-refractivity contribution in [3.8, 4) is 0 Å². The van der Waals surface area contributed by atoms with Crippen molar-refractivity contribution in [3.05, 3.63) is 0 Å². The second-order valence-corrected chi connectivity index (χ2v) is 6.08. The molecule has 116 valence electrons. The van der Waals surface area contributed by atoms with Gasteiger partial charge in [0.25, 0.3) is 0 Å². The molecule has 0 fully saturated rings. The quantitative estimate of drug-likeness (QED) is 0.643. The molecule has 0 saturated heterocycles. The monoisotopic (exact) mass is 306 g/mol. The number of hydrogen-bond acceptors (Lipinski definition) is 5. The van der Waals surface area contributed by atoms with Crippen LogP contribution in [0.5, 0.6) is 0 Å². The van der Waals surface area contributed by atoms with Crippen LogP contribution >= 0.6 is 11.8 Å². The third-order valence-electron chi connectivity index (χ3n) is 2.03. The minimum absolute atomic E-state index is 0.395. The van der Waals surface area contributed by atoms with Crippen molar-refractivity contribution in [1.82, 2.24) is 10.6 Å². The Morgan fingerprint density at radius 2 is 1.90 bits per heavy atom. The summed E-state index contributed by atoms with van der Waals surface area (Å²) < 4.78 is 5.07. The highest BCUT2D eigenvalue weighted by Crippen LogP contribution is 2.08. The van der Waals surface area contributed by atoms with E-state index in [0.29, 0.717) is 12.2 Å². The number of carboxylic acids is 1. The van der Waals surface area contributed by atoms with Gasteiger partial charge in [-0.05, 0) is 39.2 Å². The Balaban J connectivity index is 4.50. The SMILES string of the molecule is CSCC[C@H](NC(=O)OC(C)(C)C)C(=O)NCC(=O)O. The maximum absolute atomic E-state index is 11.8. The lowest BCUT2D eigenvalue weighted by molar-refractivity contribution is -0.138. The Hall–Kier alpha value is -1.44. The number of nitrogens with one attached hydrogen (secondary N) is 2. The van der Waals surface area contributed by atoms with Crippen LogP contribution in [0.15, 0.2) is 0 Å². The summed E-state index contributed by atoms with van der Waals surface area (Å²) in [5, 5.41) is 13.2. The zero-order chi connectivity index (χ0) is 15.8. The summed E-state index contributed by atoms with van der Waals surface area (Å²) in [7, 11) is 0. The summed E-state index contributed by atoms with van der Waals surface area (Å²) in [5.74, 6) is -1.02. The summed E-state index contributed by atoms with van der Waals surface area (Å²) >= 11 is 1.52. The van der Waals surface area contributed by atoms with Crippen LogP contribution in [0.4, 0.5) is 4.79 Å². The maximum Gasteiger partial charge on any atom is 0.408 e. The first-order valence-electron chi connectivity index (χ1n) is 6.13. The molecule has 0 spiro atoms. The topological polar surface area (TPSA) is 105 Å². The van der Waals surface area contributed by atoms with Gasteiger partial charge in [-0.3, -0.25) is 9.59 Å². The van der Waals surface area contributed by atoms with Gasteiger partial charge < -0.3 is 20.5 Å². The van der Waals surface area contributed by atoms with Crippen molar-refractivity contribution in [3.63, 3.8) is 0 Å². The van der Waals surface area contributed by atoms with Crippen LogP contribution in [0.3, 0.4) is 0 Å². The predicted octanol–water partition coefficient (Wildman–Crippen LogP) is 0.834. The molecular weight excluding hydrogens is 284 g/mol. The molecule has 20 heavy (non-hydrogen) atoms. The highest BCUT2D eigenvalue weighted by molar-refractivity contribution is 7.98. The molecule has 3 N–H and O–H groups in total. The Morgan fingerprint density at radius 3 is 2.35 bits per heavy atom. The highest BCUT2D eigenvalue weighted by atomic mass is 32.2. The van der Waals surface area contributed by atoms with E-state index in [1.54, 1.807) is 20.8 Å². The van der Waals surface area contributed by atoms with Crippen LogP contribution in [-0.2, 0) is 14.3 Å². The first-order valence-corrected chi connectivity index (χ1v) is 7.53. The number of carbonyl (C=O) groups is 3. The number of hydrogen-bond donors (Lipinski definition) is 3. The fourth-order valence-corrected chi connectivity index (χ4v) is 1.71. The summed E-state index contributed by atoms with van der Waals surface area (Å²) in [6, 6.07) is -0.809. The molecule has 0 heterocycles. The molecule has 0 rings (SSSR count). The smallest absolute Gasteiger partial charge is 0.408 e. The zero-order valence-corrected chi connectivity index (χ0v) is 13.0. The van der Waals surface area contributed by atoms with Gasteiger partial charge in [-0.1, -0.05) is 0 Å².